The minimum absolute atomic E-state index is 0.0556. The van der Waals surface area contributed by atoms with Crippen molar-refractivity contribution in [2.24, 2.45) is 4.99 Å². The first-order valence-corrected chi connectivity index (χ1v) is 13.3. The van der Waals surface area contributed by atoms with Gasteiger partial charge in [-0.05, 0) is 68.7 Å². The van der Waals surface area contributed by atoms with E-state index >= 15 is 0 Å². The summed E-state index contributed by atoms with van der Waals surface area (Å²) in [5, 5.41) is 5.68. The Kier molecular flexibility index (Phi) is 8.71. The summed E-state index contributed by atoms with van der Waals surface area (Å²) in [6.45, 7) is 9.86. The van der Waals surface area contributed by atoms with Gasteiger partial charge in [0.1, 0.15) is 0 Å². The molecule has 0 fully saturated rings. The Morgan fingerprint density at radius 1 is 0.923 bits per heavy atom. The fraction of sp³-hybridized carbons (Fsp3) is 0.250. The zero-order chi connectivity index (χ0) is 27.9. The topological polar surface area (TPSA) is 90.9 Å². The van der Waals surface area contributed by atoms with Crippen LogP contribution in [-0.4, -0.2) is 42.9 Å². The number of para-hydroxylation sites is 1. The Labute approximate surface area is 229 Å². The molecule has 0 bridgehead atoms. The number of nitrogens with one attached hydrogen (secondary N) is 2. The van der Waals surface area contributed by atoms with E-state index in [2.05, 4.69) is 41.5 Å². The number of carbonyl (C=O) groups is 3. The van der Waals surface area contributed by atoms with E-state index in [4.69, 9.17) is 4.99 Å². The lowest BCUT2D eigenvalue weighted by Crippen LogP contribution is -2.33. The molecule has 0 saturated heterocycles. The van der Waals surface area contributed by atoms with Crippen LogP contribution >= 0.6 is 0 Å². The molecule has 0 aliphatic heterocycles. The van der Waals surface area contributed by atoms with Crippen molar-refractivity contribution in [2.45, 2.75) is 34.1 Å². The van der Waals surface area contributed by atoms with Gasteiger partial charge < -0.3 is 15.5 Å². The van der Waals surface area contributed by atoms with Gasteiger partial charge in [0.15, 0.2) is 5.78 Å². The number of amides is 2. The largest absolute Gasteiger partial charge is 0.372 e. The highest BCUT2D eigenvalue weighted by Gasteiger charge is 2.28. The number of aliphatic imine (C=N–C) groups is 1. The van der Waals surface area contributed by atoms with Crippen molar-refractivity contribution in [3.05, 3.63) is 101 Å². The highest BCUT2D eigenvalue weighted by molar-refractivity contribution is 6.35. The number of benzene rings is 3. The molecule has 0 saturated carbocycles. The van der Waals surface area contributed by atoms with Crippen molar-refractivity contribution in [1.29, 1.82) is 0 Å². The number of fused-ring (bicyclic) bond motifs is 1. The summed E-state index contributed by atoms with van der Waals surface area (Å²) in [5.74, 6) is -0.935. The minimum atomic E-state index is -0.451. The number of ketones is 1. The Bertz CT molecular complexity index is 1470. The SMILES string of the molecule is CCN(CC)c1ccc(N=C2C=C(C(=O)NCCc3ccccc3NC(C)=O)C(=O)c3ccccc32)c(C)c1. The first-order chi connectivity index (χ1) is 18.8. The third-order valence-electron chi connectivity index (χ3n) is 6.78. The zero-order valence-electron chi connectivity index (χ0n) is 22.9. The van der Waals surface area contributed by atoms with Gasteiger partial charge in [0, 0.05) is 49.1 Å². The van der Waals surface area contributed by atoms with Crippen LogP contribution in [0.3, 0.4) is 0 Å². The monoisotopic (exact) mass is 522 g/mol. The third kappa shape index (κ3) is 6.32. The predicted octanol–water partition coefficient (Wildman–Crippen LogP) is 5.40. The van der Waals surface area contributed by atoms with E-state index in [1.54, 1.807) is 18.2 Å². The first kappa shape index (κ1) is 27.5. The maximum atomic E-state index is 13.3. The van der Waals surface area contributed by atoms with E-state index in [0.29, 0.717) is 35.5 Å². The summed E-state index contributed by atoms with van der Waals surface area (Å²) in [6.07, 6.45) is 2.09. The van der Waals surface area contributed by atoms with Crippen LogP contribution in [0, 0.1) is 6.92 Å². The van der Waals surface area contributed by atoms with Gasteiger partial charge in [0.05, 0.1) is 17.0 Å². The lowest BCUT2D eigenvalue weighted by molar-refractivity contribution is -0.117. The molecule has 0 atom stereocenters. The van der Waals surface area contributed by atoms with E-state index in [1.165, 1.54) is 6.92 Å². The maximum absolute atomic E-state index is 13.3. The fourth-order valence-electron chi connectivity index (χ4n) is 4.73. The van der Waals surface area contributed by atoms with Crippen LogP contribution < -0.4 is 15.5 Å². The number of rotatable bonds is 9. The van der Waals surface area contributed by atoms with E-state index in [0.717, 1.165) is 35.6 Å². The summed E-state index contributed by atoms with van der Waals surface area (Å²) >= 11 is 0. The number of anilines is 2. The lowest BCUT2D eigenvalue weighted by atomic mass is 9.88. The molecule has 0 radical (unpaired) electrons. The predicted molar refractivity (Wildman–Crippen MR) is 157 cm³/mol. The van der Waals surface area contributed by atoms with E-state index in [1.807, 2.05) is 49.4 Å². The standard InChI is InChI=1S/C32H34N4O3/c1-5-36(6-2)24-15-16-28(21(3)19-24)35-30-20-27(31(38)26-13-9-8-12-25(26)30)32(39)33-18-17-23-11-7-10-14-29(23)34-22(4)37/h7-16,19-20H,5-6,17-18H2,1-4H3,(H,33,39)(H,34,37). The molecule has 3 aromatic rings. The number of hydrogen-bond donors (Lipinski definition) is 2. The summed E-state index contributed by atoms with van der Waals surface area (Å²) < 4.78 is 0. The Morgan fingerprint density at radius 2 is 1.62 bits per heavy atom. The van der Waals surface area contributed by atoms with Crippen LogP contribution in [-0.2, 0) is 16.0 Å². The highest BCUT2D eigenvalue weighted by atomic mass is 16.2. The van der Waals surface area contributed by atoms with Gasteiger partial charge >= 0.3 is 0 Å². The van der Waals surface area contributed by atoms with Crippen molar-refractivity contribution in [3.63, 3.8) is 0 Å². The molecule has 1 aliphatic rings. The fourth-order valence-corrected chi connectivity index (χ4v) is 4.73. The number of hydrogen-bond acceptors (Lipinski definition) is 5. The molecule has 7 heteroatoms. The molecular weight excluding hydrogens is 488 g/mol. The minimum Gasteiger partial charge on any atom is -0.372 e. The summed E-state index contributed by atoms with van der Waals surface area (Å²) in [7, 11) is 0. The summed E-state index contributed by atoms with van der Waals surface area (Å²) in [4.78, 5) is 45.1. The van der Waals surface area contributed by atoms with Gasteiger partial charge in [-0.15, -0.1) is 0 Å². The van der Waals surface area contributed by atoms with Gasteiger partial charge in [0.25, 0.3) is 5.91 Å². The average molecular weight is 523 g/mol. The molecule has 39 heavy (non-hydrogen) atoms. The molecule has 200 valence electrons. The van der Waals surface area contributed by atoms with Crippen LogP contribution in [0.25, 0.3) is 0 Å². The molecule has 0 aromatic heterocycles. The van der Waals surface area contributed by atoms with Gasteiger partial charge in [-0.3, -0.25) is 14.4 Å². The summed E-state index contributed by atoms with van der Waals surface area (Å²) in [5.41, 5.74) is 6.33. The van der Waals surface area contributed by atoms with Crippen LogP contribution in [0.15, 0.2) is 83.4 Å². The van der Waals surface area contributed by atoms with Crippen molar-refractivity contribution in [3.8, 4) is 0 Å². The maximum Gasteiger partial charge on any atom is 0.255 e. The Balaban J connectivity index is 1.59. The van der Waals surface area contributed by atoms with Crippen LogP contribution in [0.4, 0.5) is 17.1 Å². The number of allylic oxidation sites excluding steroid dienone is 1. The smallest absolute Gasteiger partial charge is 0.255 e. The highest BCUT2D eigenvalue weighted by Crippen LogP contribution is 2.29. The number of carbonyl (C=O) groups excluding carboxylic acids is 3. The molecule has 0 heterocycles. The van der Waals surface area contributed by atoms with Crippen molar-refractivity contribution in [1.82, 2.24) is 5.32 Å². The van der Waals surface area contributed by atoms with Gasteiger partial charge in [-0.25, -0.2) is 4.99 Å². The molecule has 0 unspecified atom stereocenters. The van der Waals surface area contributed by atoms with Crippen LogP contribution in [0.1, 0.15) is 47.8 Å². The van der Waals surface area contributed by atoms with Gasteiger partial charge in [-0.2, -0.15) is 0 Å². The second-order valence-electron chi connectivity index (χ2n) is 9.42. The Morgan fingerprint density at radius 3 is 2.31 bits per heavy atom. The van der Waals surface area contributed by atoms with E-state index in [9.17, 15) is 14.4 Å². The second-order valence-corrected chi connectivity index (χ2v) is 9.42. The van der Waals surface area contributed by atoms with E-state index < -0.39 is 5.91 Å². The van der Waals surface area contributed by atoms with E-state index in [-0.39, 0.29) is 17.3 Å². The first-order valence-electron chi connectivity index (χ1n) is 13.3. The molecule has 7 nitrogen and oxygen atoms in total. The van der Waals surface area contributed by atoms with Gasteiger partial charge in [0.2, 0.25) is 5.91 Å². The molecule has 0 spiro atoms. The molecule has 4 rings (SSSR count). The molecule has 3 aromatic carbocycles. The quantitative estimate of drug-likeness (QED) is 0.368. The van der Waals surface area contributed by atoms with Crippen molar-refractivity contribution < 1.29 is 14.4 Å². The number of aryl methyl sites for hydroxylation is 1. The zero-order valence-corrected chi connectivity index (χ0v) is 22.9. The number of nitrogens with zero attached hydrogens (tertiary/aromatic N) is 2. The Hall–Kier alpha value is -4.52. The van der Waals surface area contributed by atoms with Crippen molar-refractivity contribution >= 4 is 40.4 Å². The summed E-state index contributed by atoms with van der Waals surface area (Å²) in [6, 6.07) is 20.8. The lowest BCUT2D eigenvalue weighted by Gasteiger charge is -2.22. The molecule has 2 N–H and O–H groups in total. The normalized spacial score (nSPS) is 13.5. The third-order valence-corrected chi connectivity index (χ3v) is 6.78. The average Bonchev–Trinajstić information content (AvgIpc) is 2.93. The second kappa shape index (κ2) is 12.3. The molecule has 2 amide bonds. The number of Topliss-reactive ketones (excluding diaryl/α,β-unsaturated/α-hetero) is 1. The molecular formula is C32H34N4O3. The van der Waals surface area contributed by atoms with Gasteiger partial charge in [-0.1, -0.05) is 42.5 Å². The van der Waals surface area contributed by atoms with Crippen LogP contribution in [0.5, 0.6) is 0 Å². The van der Waals surface area contributed by atoms with Crippen LogP contribution in [0.2, 0.25) is 0 Å². The van der Waals surface area contributed by atoms with Crippen molar-refractivity contribution in [2.75, 3.05) is 29.9 Å². The molecule has 1 aliphatic carbocycles.